The smallest absolute Gasteiger partial charge is 0.0789 e. The van der Waals surface area contributed by atoms with Crippen molar-refractivity contribution in [2.75, 3.05) is 14.1 Å². The van der Waals surface area contributed by atoms with Crippen LogP contribution in [-0.4, -0.2) is 36.2 Å². The van der Waals surface area contributed by atoms with E-state index in [2.05, 4.69) is 0 Å². The summed E-state index contributed by atoms with van der Waals surface area (Å²) in [5.74, 6) is 0.197. The van der Waals surface area contributed by atoms with E-state index in [4.69, 9.17) is 0 Å². The van der Waals surface area contributed by atoms with Gasteiger partial charge in [0.2, 0.25) is 0 Å². The summed E-state index contributed by atoms with van der Waals surface area (Å²) in [5, 5.41) is 9.84. The van der Waals surface area contributed by atoms with Crippen LogP contribution in [0.2, 0.25) is 0 Å². The third-order valence-corrected chi connectivity index (χ3v) is 2.48. The molecule has 0 radical (unpaired) electrons. The lowest BCUT2D eigenvalue weighted by Gasteiger charge is -2.27. The van der Waals surface area contributed by atoms with Gasteiger partial charge in [-0.1, -0.05) is 24.3 Å². The molecule has 12 heavy (non-hydrogen) atoms. The van der Waals surface area contributed by atoms with Crippen LogP contribution in [-0.2, 0) is 0 Å². The van der Waals surface area contributed by atoms with E-state index in [1.165, 1.54) is 0 Å². The Kier molecular flexibility index (Phi) is 3.06. The van der Waals surface area contributed by atoms with Gasteiger partial charge < -0.3 is 10.0 Å². The van der Waals surface area contributed by atoms with Crippen LogP contribution < -0.4 is 0 Å². The molecular weight excluding hydrogens is 150 g/mol. The van der Waals surface area contributed by atoms with Gasteiger partial charge in [0.15, 0.2) is 0 Å². The SMILES string of the molecule is C[C@@H]([C@H](O)C1C=CC=C1)N(C)C. The maximum absolute atomic E-state index is 9.84. The monoisotopic (exact) mass is 167 g/mol. The molecule has 1 rings (SSSR count). The van der Waals surface area contributed by atoms with Crippen molar-refractivity contribution in [3.63, 3.8) is 0 Å². The molecular formula is C10H17NO. The van der Waals surface area contributed by atoms with Gasteiger partial charge in [-0.25, -0.2) is 0 Å². The van der Waals surface area contributed by atoms with Crippen molar-refractivity contribution >= 4 is 0 Å². The minimum Gasteiger partial charge on any atom is -0.391 e. The summed E-state index contributed by atoms with van der Waals surface area (Å²) in [6, 6.07) is 0.197. The van der Waals surface area contributed by atoms with E-state index < -0.39 is 0 Å². The molecule has 1 aliphatic rings. The van der Waals surface area contributed by atoms with Crippen LogP contribution in [0.1, 0.15) is 6.92 Å². The molecule has 2 heteroatoms. The molecule has 68 valence electrons. The third kappa shape index (κ3) is 1.96. The zero-order chi connectivity index (χ0) is 9.14. The largest absolute Gasteiger partial charge is 0.391 e. The molecule has 0 aromatic rings. The molecule has 0 spiro atoms. The van der Waals surface area contributed by atoms with E-state index in [9.17, 15) is 5.11 Å². The van der Waals surface area contributed by atoms with Crippen molar-refractivity contribution < 1.29 is 5.11 Å². The summed E-state index contributed by atoms with van der Waals surface area (Å²) in [6.07, 6.45) is 7.73. The molecule has 0 unspecified atom stereocenters. The van der Waals surface area contributed by atoms with Gasteiger partial charge in [-0.15, -0.1) is 0 Å². The van der Waals surface area contributed by atoms with E-state index in [1.54, 1.807) is 0 Å². The second-order valence-corrected chi connectivity index (χ2v) is 3.54. The fourth-order valence-electron chi connectivity index (χ4n) is 1.30. The number of aliphatic hydroxyl groups excluding tert-OH is 1. The van der Waals surface area contributed by atoms with E-state index >= 15 is 0 Å². The van der Waals surface area contributed by atoms with Crippen LogP contribution in [0.15, 0.2) is 24.3 Å². The zero-order valence-corrected chi connectivity index (χ0v) is 7.94. The summed E-state index contributed by atoms with van der Waals surface area (Å²) in [5.41, 5.74) is 0. The van der Waals surface area contributed by atoms with E-state index in [1.807, 2.05) is 50.2 Å². The standard InChI is InChI=1S/C10H17NO/c1-8(11(2)3)10(12)9-6-4-5-7-9/h4-10,12H,1-3H3/t8-,10-/m0/s1. The van der Waals surface area contributed by atoms with Crippen molar-refractivity contribution in [2.45, 2.75) is 19.1 Å². The van der Waals surface area contributed by atoms with Gasteiger partial charge in [0.05, 0.1) is 6.10 Å². The van der Waals surface area contributed by atoms with E-state index in [0.29, 0.717) is 0 Å². The van der Waals surface area contributed by atoms with Crippen LogP contribution >= 0.6 is 0 Å². The first-order valence-electron chi connectivity index (χ1n) is 4.32. The number of likely N-dealkylation sites (N-methyl/N-ethyl adjacent to an activating group) is 1. The van der Waals surface area contributed by atoms with Gasteiger partial charge in [-0.2, -0.15) is 0 Å². The molecule has 2 atom stereocenters. The highest BCUT2D eigenvalue weighted by atomic mass is 16.3. The van der Waals surface area contributed by atoms with Crippen molar-refractivity contribution in [3.05, 3.63) is 24.3 Å². The quantitative estimate of drug-likeness (QED) is 0.679. The van der Waals surface area contributed by atoms with Gasteiger partial charge in [0.25, 0.3) is 0 Å². The minimum atomic E-state index is -0.296. The molecule has 0 saturated heterocycles. The van der Waals surface area contributed by atoms with Crippen LogP contribution in [0.25, 0.3) is 0 Å². The van der Waals surface area contributed by atoms with Crippen molar-refractivity contribution in [1.82, 2.24) is 4.90 Å². The van der Waals surface area contributed by atoms with Crippen LogP contribution in [0.4, 0.5) is 0 Å². The first-order chi connectivity index (χ1) is 5.63. The third-order valence-electron chi connectivity index (χ3n) is 2.48. The Balaban J connectivity index is 2.51. The zero-order valence-electron chi connectivity index (χ0n) is 7.94. The Morgan fingerprint density at radius 2 is 1.75 bits per heavy atom. The Hall–Kier alpha value is -0.600. The summed E-state index contributed by atoms with van der Waals surface area (Å²) in [4.78, 5) is 2.03. The highest BCUT2D eigenvalue weighted by molar-refractivity contribution is 5.19. The summed E-state index contributed by atoms with van der Waals surface area (Å²) in [6.45, 7) is 2.03. The molecule has 0 aromatic carbocycles. The highest BCUT2D eigenvalue weighted by Crippen LogP contribution is 2.17. The predicted octanol–water partition coefficient (Wildman–Crippen LogP) is 1.04. The number of hydrogen-bond acceptors (Lipinski definition) is 2. The van der Waals surface area contributed by atoms with Crippen LogP contribution in [0.3, 0.4) is 0 Å². The average Bonchev–Trinajstić information content (AvgIpc) is 2.53. The number of nitrogens with zero attached hydrogens (tertiary/aromatic N) is 1. The Labute approximate surface area is 74.2 Å². The van der Waals surface area contributed by atoms with Gasteiger partial charge in [-0.05, 0) is 21.0 Å². The van der Waals surface area contributed by atoms with Crippen molar-refractivity contribution in [3.8, 4) is 0 Å². The van der Waals surface area contributed by atoms with Crippen molar-refractivity contribution in [2.24, 2.45) is 5.92 Å². The number of aliphatic hydroxyl groups is 1. The lowest BCUT2D eigenvalue weighted by atomic mass is 9.98. The molecule has 0 amide bonds. The highest BCUT2D eigenvalue weighted by Gasteiger charge is 2.23. The van der Waals surface area contributed by atoms with Crippen molar-refractivity contribution in [1.29, 1.82) is 0 Å². The summed E-state index contributed by atoms with van der Waals surface area (Å²) >= 11 is 0. The fraction of sp³-hybridized carbons (Fsp3) is 0.600. The van der Waals surface area contributed by atoms with Gasteiger partial charge in [0.1, 0.15) is 0 Å². The van der Waals surface area contributed by atoms with Crippen LogP contribution in [0.5, 0.6) is 0 Å². The maximum atomic E-state index is 9.84. The fourth-order valence-corrected chi connectivity index (χ4v) is 1.30. The summed E-state index contributed by atoms with van der Waals surface area (Å²) < 4.78 is 0. The Morgan fingerprint density at radius 1 is 1.25 bits per heavy atom. The molecule has 1 N–H and O–H groups in total. The van der Waals surface area contributed by atoms with Gasteiger partial charge in [0, 0.05) is 12.0 Å². The van der Waals surface area contributed by atoms with Gasteiger partial charge >= 0.3 is 0 Å². The first-order valence-corrected chi connectivity index (χ1v) is 4.32. The number of allylic oxidation sites excluding steroid dienone is 2. The average molecular weight is 167 g/mol. The minimum absolute atomic E-state index is 0.197. The second kappa shape index (κ2) is 3.87. The lowest BCUT2D eigenvalue weighted by molar-refractivity contribution is 0.0669. The lowest BCUT2D eigenvalue weighted by Crippen LogP contribution is -2.39. The normalized spacial score (nSPS) is 22.1. The molecule has 0 saturated carbocycles. The maximum Gasteiger partial charge on any atom is 0.0789 e. The molecule has 0 aromatic heterocycles. The number of hydrogen-bond donors (Lipinski definition) is 1. The molecule has 0 aliphatic heterocycles. The Morgan fingerprint density at radius 3 is 2.17 bits per heavy atom. The Bertz CT molecular complexity index is 184. The number of rotatable bonds is 3. The molecule has 0 bridgehead atoms. The molecule has 2 nitrogen and oxygen atoms in total. The molecule has 1 aliphatic carbocycles. The molecule has 0 heterocycles. The second-order valence-electron chi connectivity index (χ2n) is 3.54. The molecule has 0 fully saturated rings. The van der Waals surface area contributed by atoms with E-state index in [-0.39, 0.29) is 18.1 Å². The van der Waals surface area contributed by atoms with Gasteiger partial charge in [-0.3, -0.25) is 0 Å². The first kappa shape index (κ1) is 9.49. The summed E-state index contributed by atoms with van der Waals surface area (Å²) in [7, 11) is 3.96. The topological polar surface area (TPSA) is 23.5 Å². The van der Waals surface area contributed by atoms with E-state index in [0.717, 1.165) is 0 Å². The van der Waals surface area contributed by atoms with Crippen LogP contribution in [0, 0.1) is 5.92 Å². The predicted molar refractivity (Wildman–Crippen MR) is 50.9 cm³/mol.